The molecule has 0 atom stereocenters. The van der Waals surface area contributed by atoms with Gasteiger partial charge in [-0.25, -0.2) is 0 Å². The summed E-state index contributed by atoms with van der Waals surface area (Å²) in [5, 5.41) is 0. The summed E-state index contributed by atoms with van der Waals surface area (Å²) in [5.41, 5.74) is 2.53. The van der Waals surface area contributed by atoms with Gasteiger partial charge in [-0.3, -0.25) is 4.98 Å². The molecule has 0 amide bonds. The number of aromatic nitrogens is 1. The second kappa shape index (κ2) is 11.6. The predicted octanol–water partition coefficient (Wildman–Crippen LogP) is 5.46. The Hall–Kier alpha value is -0.850. The molecule has 0 N–H and O–H groups in total. The Kier molecular flexibility index (Phi) is 12.7. The van der Waals surface area contributed by atoms with Gasteiger partial charge in [0.05, 0.1) is 0 Å². The Morgan fingerprint density at radius 1 is 0.941 bits per heavy atom. The van der Waals surface area contributed by atoms with E-state index in [1.54, 1.807) is 0 Å². The second-order valence-electron chi connectivity index (χ2n) is 4.34. The first-order valence-electron chi connectivity index (χ1n) is 7.04. The molecule has 0 aliphatic rings. The van der Waals surface area contributed by atoms with Crippen LogP contribution in [0.2, 0.25) is 0 Å². The SMILES string of the molecule is CC.CC.CC(C)Cc1ccc(C(C)C)nc1. The van der Waals surface area contributed by atoms with E-state index in [4.69, 9.17) is 0 Å². The van der Waals surface area contributed by atoms with Crippen molar-refractivity contribution in [2.24, 2.45) is 5.92 Å². The van der Waals surface area contributed by atoms with Crippen molar-refractivity contribution in [3.05, 3.63) is 29.6 Å². The zero-order chi connectivity index (χ0) is 13.8. The van der Waals surface area contributed by atoms with Gasteiger partial charge >= 0.3 is 0 Å². The van der Waals surface area contributed by atoms with Crippen LogP contribution in [0, 0.1) is 5.92 Å². The third-order valence-electron chi connectivity index (χ3n) is 2.08. The fourth-order valence-corrected chi connectivity index (χ4v) is 1.37. The Labute approximate surface area is 109 Å². The summed E-state index contributed by atoms with van der Waals surface area (Å²) in [7, 11) is 0. The van der Waals surface area contributed by atoms with Crippen LogP contribution in [-0.2, 0) is 6.42 Å². The van der Waals surface area contributed by atoms with Gasteiger partial charge in [0.2, 0.25) is 0 Å². The van der Waals surface area contributed by atoms with E-state index in [9.17, 15) is 0 Å². The highest BCUT2D eigenvalue weighted by atomic mass is 14.7. The van der Waals surface area contributed by atoms with Crippen molar-refractivity contribution in [3.8, 4) is 0 Å². The minimum absolute atomic E-state index is 0.535. The molecule has 1 heterocycles. The lowest BCUT2D eigenvalue weighted by Crippen LogP contribution is -1.97. The molecule has 0 saturated carbocycles. The molecule has 0 bridgehead atoms. The van der Waals surface area contributed by atoms with E-state index in [1.807, 2.05) is 33.9 Å². The summed E-state index contributed by atoms with van der Waals surface area (Å²) in [6.07, 6.45) is 3.14. The van der Waals surface area contributed by atoms with Gasteiger partial charge in [0.1, 0.15) is 0 Å². The molecule has 0 fully saturated rings. The lowest BCUT2D eigenvalue weighted by atomic mass is 10.0. The number of rotatable bonds is 3. The maximum absolute atomic E-state index is 4.43. The molecule has 0 spiro atoms. The van der Waals surface area contributed by atoms with Crippen LogP contribution in [0.4, 0.5) is 0 Å². The molecule has 0 unspecified atom stereocenters. The van der Waals surface area contributed by atoms with Crippen molar-refractivity contribution in [1.29, 1.82) is 0 Å². The Bertz CT molecular complexity index is 247. The van der Waals surface area contributed by atoms with Crippen molar-refractivity contribution >= 4 is 0 Å². The molecule has 1 rings (SSSR count). The first-order valence-corrected chi connectivity index (χ1v) is 7.04. The predicted molar refractivity (Wildman–Crippen MR) is 79.6 cm³/mol. The van der Waals surface area contributed by atoms with Crippen LogP contribution in [-0.4, -0.2) is 4.98 Å². The van der Waals surface area contributed by atoms with Crippen molar-refractivity contribution in [2.75, 3.05) is 0 Å². The molecule has 0 saturated heterocycles. The van der Waals surface area contributed by atoms with E-state index in [0.717, 1.165) is 6.42 Å². The molecular weight excluding hydrogens is 206 g/mol. The zero-order valence-corrected chi connectivity index (χ0v) is 13.0. The van der Waals surface area contributed by atoms with Gasteiger partial charge in [0.15, 0.2) is 0 Å². The molecule has 100 valence electrons. The van der Waals surface area contributed by atoms with Gasteiger partial charge in [-0.15, -0.1) is 0 Å². The van der Waals surface area contributed by atoms with Gasteiger partial charge in [-0.05, 0) is 29.9 Å². The van der Waals surface area contributed by atoms with Crippen LogP contribution in [0.5, 0.6) is 0 Å². The van der Waals surface area contributed by atoms with E-state index in [1.165, 1.54) is 11.3 Å². The molecule has 1 aromatic heterocycles. The van der Waals surface area contributed by atoms with Crippen LogP contribution >= 0.6 is 0 Å². The minimum Gasteiger partial charge on any atom is -0.261 e. The third kappa shape index (κ3) is 8.91. The normalized spacial score (nSPS) is 9.29. The monoisotopic (exact) mass is 237 g/mol. The van der Waals surface area contributed by atoms with Gasteiger partial charge in [-0.1, -0.05) is 61.5 Å². The largest absolute Gasteiger partial charge is 0.261 e. The topological polar surface area (TPSA) is 12.9 Å². The molecule has 1 heteroatoms. The molecule has 1 nitrogen and oxygen atoms in total. The quantitative estimate of drug-likeness (QED) is 0.680. The first kappa shape index (κ1) is 18.5. The Morgan fingerprint density at radius 3 is 1.76 bits per heavy atom. The van der Waals surface area contributed by atoms with Gasteiger partial charge in [-0.2, -0.15) is 0 Å². The van der Waals surface area contributed by atoms with Crippen molar-refractivity contribution in [1.82, 2.24) is 4.98 Å². The van der Waals surface area contributed by atoms with E-state index < -0.39 is 0 Å². The van der Waals surface area contributed by atoms with Crippen molar-refractivity contribution in [3.63, 3.8) is 0 Å². The van der Waals surface area contributed by atoms with E-state index >= 15 is 0 Å². The van der Waals surface area contributed by atoms with E-state index in [0.29, 0.717) is 11.8 Å². The van der Waals surface area contributed by atoms with Crippen LogP contribution in [0.3, 0.4) is 0 Å². The summed E-state index contributed by atoms with van der Waals surface area (Å²) in [6, 6.07) is 4.34. The van der Waals surface area contributed by atoms with Crippen molar-refractivity contribution in [2.45, 2.75) is 67.7 Å². The van der Waals surface area contributed by atoms with Gasteiger partial charge in [0.25, 0.3) is 0 Å². The Balaban J connectivity index is 0. The molecule has 0 aromatic carbocycles. The number of hydrogen-bond donors (Lipinski definition) is 0. The zero-order valence-electron chi connectivity index (χ0n) is 13.0. The molecule has 0 aliphatic heterocycles. The van der Waals surface area contributed by atoms with Crippen LogP contribution in [0.1, 0.15) is 72.6 Å². The summed E-state index contributed by atoms with van der Waals surface area (Å²) in [5.74, 6) is 1.25. The van der Waals surface area contributed by atoms with Crippen LogP contribution in [0.15, 0.2) is 18.3 Å². The smallest absolute Gasteiger partial charge is 0.0429 e. The summed E-state index contributed by atoms with van der Waals surface area (Å²) in [6.45, 7) is 16.8. The highest BCUT2D eigenvalue weighted by Crippen LogP contribution is 2.13. The number of pyridine rings is 1. The first-order chi connectivity index (χ1) is 8.09. The lowest BCUT2D eigenvalue weighted by molar-refractivity contribution is 0.644. The third-order valence-corrected chi connectivity index (χ3v) is 2.08. The van der Waals surface area contributed by atoms with Crippen molar-refractivity contribution < 1.29 is 0 Å². The Morgan fingerprint density at radius 2 is 1.47 bits per heavy atom. The van der Waals surface area contributed by atoms with E-state index in [-0.39, 0.29) is 0 Å². The highest BCUT2D eigenvalue weighted by Gasteiger charge is 2.01. The summed E-state index contributed by atoms with van der Waals surface area (Å²) in [4.78, 5) is 4.43. The summed E-state index contributed by atoms with van der Waals surface area (Å²) >= 11 is 0. The molecule has 0 aliphatic carbocycles. The van der Waals surface area contributed by atoms with Crippen LogP contribution < -0.4 is 0 Å². The maximum atomic E-state index is 4.43. The lowest BCUT2D eigenvalue weighted by Gasteiger charge is -2.07. The number of nitrogens with zero attached hydrogens (tertiary/aromatic N) is 1. The standard InChI is InChI=1S/C12H19N.2C2H6/c1-9(2)7-11-5-6-12(10(3)4)13-8-11;2*1-2/h5-6,8-10H,7H2,1-4H3;2*1-2H3. The van der Waals surface area contributed by atoms with E-state index in [2.05, 4.69) is 44.8 Å². The summed E-state index contributed by atoms with van der Waals surface area (Å²) < 4.78 is 0. The number of hydrogen-bond acceptors (Lipinski definition) is 1. The average molecular weight is 237 g/mol. The minimum atomic E-state index is 0.535. The average Bonchev–Trinajstić information content (AvgIpc) is 2.34. The fourth-order valence-electron chi connectivity index (χ4n) is 1.37. The molecule has 1 aromatic rings. The highest BCUT2D eigenvalue weighted by molar-refractivity contribution is 5.16. The molecular formula is C16H31N. The van der Waals surface area contributed by atoms with Gasteiger partial charge < -0.3 is 0 Å². The van der Waals surface area contributed by atoms with Crippen LogP contribution in [0.25, 0.3) is 0 Å². The molecule has 0 radical (unpaired) electrons. The second-order valence-corrected chi connectivity index (χ2v) is 4.34. The fraction of sp³-hybridized carbons (Fsp3) is 0.688. The molecule has 17 heavy (non-hydrogen) atoms. The maximum Gasteiger partial charge on any atom is 0.0429 e. The van der Waals surface area contributed by atoms with Gasteiger partial charge in [0, 0.05) is 11.9 Å².